The molecule has 1 unspecified atom stereocenters. The topological polar surface area (TPSA) is 91.5 Å². The van der Waals surface area contributed by atoms with Gasteiger partial charge in [-0.2, -0.15) is 5.10 Å². The molecule has 7 heteroatoms. The number of rotatable bonds is 5. The first-order valence-corrected chi connectivity index (χ1v) is 8.80. The van der Waals surface area contributed by atoms with Crippen molar-refractivity contribution in [2.75, 3.05) is 19.6 Å². The molecule has 1 aliphatic heterocycles. The third-order valence-electron chi connectivity index (χ3n) is 5.11. The molecule has 1 aliphatic carbocycles. The number of hydrogen-bond acceptors (Lipinski definition) is 5. The van der Waals surface area contributed by atoms with E-state index in [2.05, 4.69) is 15.0 Å². The van der Waals surface area contributed by atoms with Gasteiger partial charge in [-0.25, -0.2) is 4.79 Å². The number of aliphatic hydroxyl groups is 1. The van der Waals surface area contributed by atoms with Gasteiger partial charge in [-0.3, -0.25) is 9.67 Å². The normalized spacial score (nSPS) is 18.0. The summed E-state index contributed by atoms with van der Waals surface area (Å²) in [5, 5.41) is 24.7. The third-order valence-corrected chi connectivity index (χ3v) is 5.11. The van der Waals surface area contributed by atoms with Crippen LogP contribution in [-0.2, 0) is 19.4 Å². The minimum Gasteiger partial charge on any atom is -0.477 e. The number of aliphatic hydroxyl groups excluding tert-OH is 1. The van der Waals surface area contributed by atoms with Crippen LogP contribution >= 0.6 is 0 Å². The Kier molecular flexibility index (Phi) is 4.27. The molecule has 0 aromatic carbocycles. The number of carboxylic acid groups (broad SMARTS) is 1. The fourth-order valence-electron chi connectivity index (χ4n) is 3.96. The number of aromatic nitrogens is 3. The standard InChI is InChI=1S/C18H22N4O3/c23-13(10-21-7-1-2-8-21)11-22-17(18(24)25)15-4-3-12-9-19-6-5-14(12)16(15)20-22/h5-6,9,13,23H,1-4,7-8,10-11H2,(H,24,25). The lowest BCUT2D eigenvalue weighted by atomic mass is 9.90. The molecule has 7 nitrogen and oxygen atoms in total. The van der Waals surface area contributed by atoms with Crippen LogP contribution in [0.1, 0.15) is 34.5 Å². The summed E-state index contributed by atoms with van der Waals surface area (Å²) in [7, 11) is 0. The molecule has 2 aromatic heterocycles. The van der Waals surface area contributed by atoms with Crippen molar-refractivity contribution in [1.29, 1.82) is 0 Å². The summed E-state index contributed by atoms with van der Waals surface area (Å²) in [5.41, 5.74) is 3.73. The van der Waals surface area contributed by atoms with Crippen molar-refractivity contribution in [3.05, 3.63) is 35.3 Å². The Labute approximate surface area is 145 Å². The lowest BCUT2D eigenvalue weighted by Gasteiger charge is -2.19. The molecule has 2 aliphatic rings. The SMILES string of the molecule is O=C(O)c1c2c(nn1CC(O)CN1CCCC1)-c1ccncc1CC2. The van der Waals surface area contributed by atoms with Crippen LogP contribution in [0.3, 0.4) is 0 Å². The van der Waals surface area contributed by atoms with Gasteiger partial charge < -0.3 is 15.1 Å². The van der Waals surface area contributed by atoms with Gasteiger partial charge in [-0.15, -0.1) is 0 Å². The largest absolute Gasteiger partial charge is 0.477 e. The van der Waals surface area contributed by atoms with Crippen molar-refractivity contribution in [2.45, 2.75) is 38.3 Å². The zero-order chi connectivity index (χ0) is 17.4. The van der Waals surface area contributed by atoms with E-state index in [-0.39, 0.29) is 12.2 Å². The molecule has 1 fully saturated rings. The molecule has 2 aromatic rings. The van der Waals surface area contributed by atoms with Crippen LogP contribution in [0.2, 0.25) is 0 Å². The summed E-state index contributed by atoms with van der Waals surface area (Å²) < 4.78 is 1.48. The average molecular weight is 342 g/mol. The Bertz CT molecular complexity index is 796. The first-order chi connectivity index (χ1) is 12.1. The molecule has 2 N–H and O–H groups in total. The molecule has 3 heterocycles. The Hall–Kier alpha value is -2.25. The predicted octanol–water partition coefficient (Wildman–Crippen LogP) is 1.20. The van der Waals surface area contributed by atoms with E-state index < -0.39 is 12.1 Å². The number of pyridine rings is 1. The van der Waals surface area contributed by atoms with Gasteiger partial charge >= 0.3 is 5.97 Å². The number of aryl methyl sites for hydroxylation is 1. The predicted molar refractivity (Wildman–Crippen MR) is 91.5 cm³/mol. The number of likely N-dealkylation sites (tertiary alicyclic amines) is 1. The number of carbonyl (C=O) groups is 1. The molecule has 25 heavy (non-hydrogen) atoms. The molecule has 0 amide bonds. The molecule has 0 radical (unpaired) electrons. The first-order valence-electron chi connectivity index (χ1n) is 8.80. The Morgan fingerprint density at radius 3 is 2.80 bits per heavy atom. The van der Waals surface area contributed by atoms with Crippen LogP contribution < -0.4 is 0 Å². The smallest absolute Gasteiger partial charge is 0.354 e. The summed E-state index contributed by atoms with van der Waals surface area (Å²) >= 11 is 0. The Balaban J connectivity index is 1.64. The highest BCUT2D eigenvalue weighted by atomic mass is 16.4. The van der Waals surface area contributed by atoms with Crippen molar-refractivity contribution in [2.24, 2.45) is 0 Å². The molecular formula is C18H22N4O3. The van der Waals surface area contributed by atoms with E-state index in [4.69, 9.17) is 0 Å². The fraction of sp³-hybridized carbons (Fsp3) is 0.500. The summed E-state index contributed by atoms with van der Waals surface area (Å²) in [6, 6.07) is 1.89. The van der Waals surface area contributed by atoms with Crippen LogP contribution in [0.25, 0.3) is 11.3 Å². The second-order valence-corrected chi connectivity index (χ2v) is 6.86. The highest BCUT2D eigenvalue weighted by Gasteiger charge is 2.29. The molecule has 0 spiro atoms. The summed E-state index contributed by atoms with van der Waals surface area (Å²) in [5.74, 6) is -0.986. The molecule has 1 atom stereocenters. The van der Waals surface area contributed by atoms with Crippen LogP contribution in [0, 0.1) is 0 Å². The number of fused-ring (bicyclic) bond motifs is 3. The zero-order valence-corrected chi connectivity index (χ0v) is 14.1. The summed E-state index contributed by atoms with van der Waals surface area (Å²) in [4.78, 5) is 18.2. The minimum absolute atomic E-state index is 0.200. The van der Waals surface area contributed by atoms with Crippen molar-refractivity contribution < 1.29 is 15.0 Å². The lowest BCUT2D eigenvalue weighted by molar-refractivity contribution is 0.0668. The number of β-amino-alcohol motifs (C(OH)–C–C–N with tert-alkyl or cyclic N) is 1. The quantitative estimate of drug-likeness (QED) is 0.848. The Morgan fingerprint density at radius 2 is 2.04 bits per heavy atom. The van der Waals surface area contributed by atoms with E-state index in [9.17, 15) is 15.0 Å². The van der Waals surface area contributed by atoms with Gasteiger partial charge in [-0.1, -0.05) is 0 Å². The second-order valence-electron chi connectivity index (χ2n) is 6.86. The van der Waals surface area contributed by atoms with Gasteiger partial charge in [0.1, 0.15) is 5.69 Å². The second kappa shape index (κ2) is 6.57. The van der Waals surface area contributed by atoms with E-state index in [1.807, 2.05) is 12.3 Å². The van der Waals surface area contributed by atoms with Gasteiger partial charge in [0.15, 0.2) is 0 Å². The molecular weight excluding hydrogens is 320 g/mol. The minimum atomic E-state index is -0.986. The molecule has 1 saturated heterocycles. The summed E-state index contributed by atoms with van der Waals surface area (Å²) in [6.45, 7) is 2.76. The summed E-state index contributed by atoms with van der Waals surface area (Å²) in [6.07, 6.45) is 6.61. The first kappa shape index (κ1) is 16.2. The maximum absolute atomic E-state index is 11.8. The van der Waals surface area contributed by atoms with Gasteiger partial charge in [0.05, 0.1) is 18.3 Å². The van der Waals surface area contributed by atoms with Crippen molar-refractivity contribution in [3.63, 3.8) is 0 Å². The highest BCUT2D eigenvalue weighted by molar-refractivity contribution is 5.90. The molecule has 0 bridgehead atoms. The van der Waals surface area contributed by atoms with Crippen LogP contribution in [0.4, 0.5) is 0 Å². The van der Waals surface area contributed by atoms with Gasteiger partial charge in [0.2, 0.25) is 0 Å². The fourth-order valence-corrected chi connectivity index (χ4v) is 3.96. The maximum Gasteiger partial charge on any atom is 0.354 e. The third kappa shape index (κ3) is 3.05. The van der Waals surface area contributed by atoms with E-state index in [1.54, 1.807) is 6.20 Å². The number of nitrogens with zero attached hydrogens (tertiary/aromatic N) is 4. The molecule has 0 saturated carbocycles. The van der Waals surface area contributed by atoms with Crippen LogP contribution in [0.15, 0.2) is 18.5 Å². The van der Waals surface area contributed by atoms with Crippen LogP contribution in [-0.4, -0.2) is 61.6 Å². The molecule has 132 valence electrons. The maximum atomic E-state index is 11.8. The number of aromatic carboxylic acids is 1. The highest BCUT2D eigenvalue weighted by Crippen LogP contribution is 2.34. The van der Waals surface area contributed by atoms with Gasteiger partial charge in [0, 0.05) is 30.1 Å². The monoisotopic (exact) mass is 342 g/mol. The van der Waals surface area contributed by atoms with E-state index in [1.165, 1.54) is 4.68 Å². The number of carboxylic acids is 1. The average Bonchev–Trinajstić information content (AvgIpc) is 3.21. The van der Waals surface area contributed by atoms with Gasteiger partial charge in [-0.05, 0) is 50.4 Å². The Morgan fingerprint density at radius 1 is 1.24 bits per heavy atom. The van der Waals surface area contributed by atoms with E-state index >= 15 is 0 Å². The molecule has 4 rings (SSSR count). The van der Waals surface area contributed by atoms with Crippen molar-refractivity contribution in [1.82, 2.24) is 19.7 Å². The van der Waals surface area contributed by atoms with Crippen molar-refractivity contribution in [3.8, 4) is 11.3 Å². The van der Waals surface area contributed by atoms with E-state index in [0.717, 1.165) is 54.7 Å². The van der Waals surface area contributed by atoms with Gasteiger partial charge in [0.25, 0.3) is 0 Å². The number of hydrogen-bond donors (Lipinski definition) is 2. The van der Waals surface area contributed by atoms with E-state index in [0.29, 0.717) is 13.0 Å². The zero-order valence-electron chi connectivity index (χ0n) is 14.1. The lowest BCUT2D eigenvalue weighted by Crippen LogP contribution is -2.33. The van der Waals surface area contributed by atoms with Crippen molar-refractivity contribution >= 4 is 5.97 Å². The van der Waals surface area contributed by atoms with Crippen LogP contribution in [0.5, 0.6) is 0 Å².